The Balaban J connectivity index is 0.000000461. The van der Waals surface area contributed by atoms with Crippen molar-refractivity contribution >= 4 is 6.20 Å². The summed E-state index contributed by atoms with van der Waals surface area (Å²) in [5.41, 5.74) is 1.49. The number of aromatic nitrogens is 3. The van der Waals surface area contributed by atoms with E-state index in [4.69, 9.17) is 0 Å². The maximum atomic E-state index is 4.02. The first-order valence-electron chi connectivity index (χ1n) is 5.36. The maximum absolute atomic E-state index is 4.02. The molecule has 0 N–H and O–H groups in total. The molecular formula is C11H19N3. The van der Waals surface area contributed by atoms with Gasteiger partial charge in [-0.25, -0.2) is 0 Å². The van der Waals surface area contributed by atoms with E-state index in [1.165, 1.54) is 5.57 Å². The average Bonchev–Trinajstić information content (AvgIpc) is 2.67. The SMILES string of the molecule is CC.CC(C)C1=Cn2cnnc2CC1. The lowest BCUT2D eigenvalue weighted by Gasteiger charge is -2.16. The van der Waals surface area contributed by atoms with Crippen LogP contribution in [-0.2, 0) is 6.42 Å². The molecule has 3 heteroatoms. The van der Waals surface area contributed by atoms with Gasteiger partial charge in [0, 0.05) is 12.6 Å². The molecule has 0 saturated heterocycles. The Kier molecular flexibility index (Phi) is 3.86. The van der Waals surface area contributed by atoms with Gasteiger partial charge >= 0.3 is 0 Å². The highest BCUT2D eigenvalue weighted by Crippen LogP contribution is 2.21. The zero-order valence-corrected chi connectivity index (χ0v) is 9.49. The molecule has 1 aliphatic heterocycles. The van der Waals surface area contributed by atoms with Crippen molar-refractivity contribution in [3.8, 4) is 0 Å². The number of aryl methyl sites for hydroxylation is 1. The molecule has 0 aliphatic carbocycles. The summed E-state index contributed by atoms with van der Waals surface area (Å²) in [5, 5.41) is 7.88. The van der Waals surface area contributed by atoms with E-state index in [-0.39, 0.29) is 0 Å². The molecule has 0 radical (unpaired) electrons. The highest BCUT2D eigenvalue weighted by molar-refractivity contribution is 5.35. The Hall–Kier alpha value is -1.12. The minimum Gasteiger partial charge on any atom is -0.293 e. The molecule has 2 rings (SSSR count). The van der Waals surface area contributed by atoms with Gasteiger partial charge in [0.1, 0.15) is 12.2 Å². The molecule has 0 fully saturated rings. The summed E-state index contributed by atoms with van der Waals surface area (Å²) in [6.07, 6.45) is 6.10. The van der Waals surface area contributed by atoms with Gasteiger partial charge in [-0.15, -0.1) is 10.2 Å². The van der Waals surface area contributed by atoms with Gasteiger partial charge in [-0.3, -0.25) is 4.57 Å². The lowest BCUT2D eigenvalue weighted by atomic mass is 9.97. The van der Waals surface area contributed by atoms with E-state index in [0.29, 0.717) is 5.92 Å². The number of allylic oxidation sites excluding steroid dienone is 1. The Morgan fingerprint density at radius 3 is 2.64 bits per heavy atom. The van der Waals surface area contributed by atoms with Crippen LogP contribution in [0.3, 0.4) is 0 Å². The molecule has 0 saturated carbocycles. The van der Waals surface area contributed by atoms with Gasteiger partial charge in [0.15, 0.2) is 0 Å². The minimum atomic E-state index is 0.639. The zero-order valence-electron chi connectivity index (χ0n) is 9.49. The predicted molar refractivity (Wildman–Crippen MR) is 58.8 cm³/mol. The van der Waals surface area contributed by atoms with Crippen molar-refractivity contribution in [2.45, 2.75) is 40.5 Å². The molecule has 0 aromatic carbocycles. The summed E-state index contributed by atoms with van der Waals surface area (Å²) in [6, 6.07) is 0. The fourth-order valence-corrected chi connectivity index (χ4v) is 1.49. The number of hydrogen-bond acceptors (Lipinski definition) is 2. The molecule has 0 amide bonds. The first-order valence-corrected chi connectivity index (χ1v) is 5.36. The number of fused-ring (bicyclic) bond motifs is 1. The fraction of sp³-hybridized carbons (Fsp3) is 0.636. The number of hydrogen-bond donors (Lipinski definition) is 0. The zero-order chi connectivity index (χ0) is 10.6. The van der Waals surface area contributed by atoms with Gasteiger partial charge in [0.05, 0.1) is 0 Å². The Bertz CT molecular complexity index is 310. The van der Waals surface area contributed by atoms with Crippen molar-refractivity contribution in [2.75, 3.05) is 0 Å². The van der Waals surface area contributed by atoms with E-state index in [0.717, 1.165) is 18.7 Å². The molecule has 1 aromatic heterocycles. The molecular weight excluding hydrogens is 174 g/mol. The molecule has 0 atom stereocenters. The third-order valence-corrected chi connectivity index (χ3v) is 2.33. The fourth-order valence-electron chi connectivity index (χ4n) is 1.49. The van der Waals surface area contributed by atoms with Gasteiger partial charge in [-0.05, 0) is 12.3 Å². The highest BCUT2D eigenvalue weighted by Gasteiger charge is 2.12. The van der Waals surface area contributed by atoms with Crippen molar-refractivity contribution < 1.29 is 0 Å². The predicted octanol–water partition coefficient (Wildman–Crippen LogP) is 2.75. The van der Waals surface area contributed by atoms with E-state index in [1.807, 2.05) is 18.4 Å². The van der Waals surface area contributed by atoms with Crippen molar-refractivity contribution in [1.82, 2.24) is 14.8 Å². The van der Waals surface area contributed by atoms with Gasteiger partial charge in [0.25, 0.3) is 0 Å². The summed E-state index contributed by atoms with van der Waals surface area (Å²) in [7, 11) is 0. The molecule has 2 heterocycles. The molecule has 0 bridgehead atoms. The second-order valence-electron chi connectivity index (χ2n) is 3.51. The first kappa shape index (κ1) is 11.0. The van der Waals surface area contributed by atoms with Crippen LogP contribution in [0.25, 0.3) is 6.20 Å². The maximum Gasteiger partial charge on any atom is 0.137 e. The third kappa shape index (κ3) is 2.22. The van der Waals surface area contributed by atoms with Crippen LogP contribution < -0.4 is 0 Å². The van der Waals surface area contributed by atoms with Crippen LogP contribution in [-0.4, -0.2) is 14.8 Å². The highest BCUT2D eigenvalue weighted by atomic mass is 15.3. The van der Waals surface area contributed by atoms with E-state index in [2.05, 4.69) is 30.2 Å². The standard InChI is InChI=1S/C9H13N3.C2H6/c1-7(2)8-3-4-9-11-10-6-12(9)5-8;1-2/h5-7H,3-4H2,1-2H3;1-2H3. The average molecular weight is 193 g/mol. The smallest absolute Gasteiger partial charge is 0.137 e. The second kappa shape index (κ2) is 4.94. The molecule has 0 spiro atoms. The van der Waals surface area contributed by atoms with Crippen LogP contribution in [0.4, 0.5) is 0 Å². The van der Waals surface area contributed by atoms with Crippen molar-refractivity contribution in [3.63, 3.8) is 0 Å². The topological polar surface area (TPSA) is 30.7 Å². The van der Waals surface area contributed by atoms with Crippen LogP contribution in [0.2, 0.25) is 0 Å². The summed E-state index contributed by atoms with van der Waals surface area (Å²) >= 11 is 0. The third-order valence-electron chi connectivity index (χ3n) is 2.33. The number of rotatable bonds is 1. The van der Waals surface area contributed by atoms with Crippen molar-refractivity contribution in [3.05, 3.63) is 17.7 Å². The minimum absolute atomic E-state index is 0.639. The summed E-state index contributed by atoms with van der Waals surface area (Å²) in [4.78, 5) is 0. The van der Waals surface area contributed by atoms with Crippen LogP contribution in [0.5, 0.6) is 0 Å². The number of nitrogens with zero attached hydrogens (tertiary/aromatic N) is 3. The lowest BCUT2D eigenvalue weighted by Crippen LogP contribution is -2.08. The summed E-state index contributed by atoms with van der Waals surface area (Å²) in [5.74, 6) is 1.72. The van der Waals surface area contributed by atoms with Gasteiger partial charge in [-0.2, -0.15) is 0 Å². The Labute approximate surface area is 85.9 Å². The van der Waals surface area contributed by atoms with Crippen LogP contribution in [0, 0.1) is 5.92 Å². The van der Waals surface area contributed by atoms with Gasteiger partial charge in [0.2, 0.25) is 0 Å². The van der Waals surface area contributed by atoms with E-state index in [9.17, 15) is 0 Å². The molecule has 1 aliphatic rings. The first-order chi connectivity index (χ1) is 6.77. The Morgan fingerprint density at radius 1 is 1.29 bits per heavy atom. The Morgan fingerprint density at radius 2 is 2.00 bits per heavy atom. The second-order valence-corrected chi connectivity index (χ2v) is 3.51. The molecule has 78 valence electrons. The lowest BCUT2D eigenvalue weighted by molar-refractivity contribution is 0.675. The quantitative estimate of drug-likeness (QED) is 0.686. The van der Waals surface area contributed by atoms with E-state index in [1.54, 1.807) is 6.33 Å². The van der Waals surface area contributed by atoms with Crippen molar-refractivity contribution in [1.29, 1.82) is 0 Å². The van der Waals surface area contributed by atoms with Gasteiger partial charge < -0.3 is 0 Å². The van der Waals surface area contributed by atoms with Crippen LogP contribution >= 0.6 is 0 Å². The van der Waals surface area contributed by atoms with E-state index >= 15 is 0 Å². The molecule has 3 nitrogen and oxygen atoms in total. The normalized spacial score (nSPS) is 14.2. The molecule has 14 heavy (non-hydrogen) atoms. The molecule has 1 aromatic rings. The van der Waals surface area contributed by atoms with E-state index < -0.39 is 0 Å². The van der Waals surface area contributed by atoms with Crippen molar-refractivity contribution in [2.24, 2.45) is 5.92 Å². The largest absolute Gasteiger partial charge is 0.293 e. The monoisotopic (exact) mass is 193 g/mol. The van der Waals surface area contributed by atoms with Crippen LogP contribution in [0.15, 0.2) is 11.9 Å². The summed E-state index contributed by atoms with van der Waals surface area (Å²) in [6.45, 7) is 8.45. The molecule has 0 unspecified atom stereocenters. The summed E-state index contributed by atoms with van der Waals surface area (Å²) < 4.78 is 2.03. The van der Waals surface area contributed by atoms with Crippen LogP contribution in [0.1, 0.15) is 39.9 Å². The van der Waals surface area contributed by atoms with Gasteiger partial charge in [-0.1, -0.05) is 33.3 Å².